The van der Waals surface area contributed by atoms with Crippen molar-refractivity contribution in [3.63, 3.8) is 0 Å². The molecule has 0 aliphatic carbocycles. The normalized spacial score (nSPS) is 14.2. The van der Waals surface area contributed by atoms with Gasteiger partial charge in [-0.3, -0.25) is 9.69 Å². The fraction of sp³-hybridized carbons (Fsp3) is 0.583. The Morgan fingerprint density at radius 2 is 1.94 bits per heavy atom. The van der Waals surface area contributed by atoms with Gasteiger partial charge in [0, 0.05) is 63.0 Å². The molecule has 0 spiro atoms. The highest BCUT2D eigenvalue weighted by Crippen LogP contribution is 2.31. The number of nitrogens with one attached hydrogen (secondary N) is 2. The van der Waals surface area contributed by atoms with Gasteiger partial charge in [0.25, 0.3) is 5.56 Å². The highest BCUT2D eigenvalue weighted by molar-refractivity contribution is 7.80. The van der Waals surface area contributed by atoms with Crippen molar-refractivity contribution in [3.05, 3.63) is 34.1 Å². The smallest absolute Gasteiger partial charge is 0.253 e. The number of aromatic amines is 1. The molecule has 3 rings (SSSR count). The predicted molar refractivity (Wildman–Crippen MR) is 137 cm³/mol. The molecule has 1 aromatic heterocycles. The maximum absolute atomic E-state index is 12.9. The van der Waals surface area contributed by atoms with Crippen LogP contribution in [-0.2, 0) is 16.0 Å². The highest BCUT2D eigenvalue weighted by Gasteiger charge is 2.17. The lowest BCUT2D eigenvalue weighted by atomic mass is 10.1. The van der Waals surface area contributed by atoms with Crippen LogP contribution in [0.1, 0.15) is 18.9 Å². The topological polar surface area (TPSA) is 88.3 Å². The number of hydrogen-bond acceptors (Lipinski definition) is 7. The number of H-pyrrole nitrogens is 1. The van der Waals surface area contributed by atoms with Gasteiger partial charge in [0.2, 0.25) is 0 Å². The van der Waals surface area contributed by atoms with Gasteiger partial charge < -0.3 is 34.1 Å². The quantitative estimate of drug-likeness (QED) is 0.341. The fourth-order valence-corrected chi connectivity index (χ4v) is 4.12. The van der Waals surface area contributed by atoms with E-state index < -0.39 is 0 Å². The van der Waals surface area contributed by atoms with Crippen molar-refractivity contribution in [2.75, 3.05) is 73.4 Å². The Labute approximate surface area is 206 Å². The number of pyridine rings is 1. The van der Waals surface area contributed by atoms with Crippen LogP contribution in [0.4, 0.5) is 0 Å². The van der Waals surface area contributed by atoms with Crippen molar-refractivity contribution in [2.24, 2.45) is 0 Å². The van der Waals surface area contributed by atoms with Crippen molar-refractivity contribution in [1.29, 1.82) is 0 Å². The molecule has 1 aliphatic rings. The van der Waals surface area contributed by atoms with Crippen molar-refractivity contribution < 1.29 is 18.9 Å². The van der Waals surface area contributed by atoms with Crippen LogP contribution in [0.2, 0.25) is 0 Å². The third kappa shape index (κ3) is 7.30. The number of ether oxygens (including phenoxy) is 4. The summed E-state index contributed by atoms with van der Waals surface area (Å²) in [5, 5.41) is 4.83. The third-order valence-electron chi connectivity index (χ3n) is 5.81. The van der Waals surface area contributed by atoms with Gasteiger partial charge in [-0.25, -0.2) is 0 Å². The number of thiocarbonyl (C=S) groups is 1. The molecular weight excluding hydrogens is 456 g/mol. The van der Waals surface area contributed by atoms with E-state index in [4.69, 9.17) is 31.2 Å². The number of morpholine rings is 1. The van der Waals surface area contributed by atoms with E-state index in [2.05, 4.69) is 20.1 Å². The van der Waals surface area contributed by atoms with E-state index in [-0.39, 0.29) is 5.56 Å². The predicted octanol–water partition coefficient (Wildman–Crippen LogP) is 1.98. The van der Waals surface area contributed by atoms with Crippen LogP contribution in [0, 0.1) is 0 Å². The van der Waals surface area contributed by atoms with E-state index in [9.17, 15) is 4.79 Å². The van der Waals surface area contributed by atoms with Crippen LogP contribution in [0.15, 0.2) is 23.0 Å². The SMILES string of the molecule is CCOCCCNC(=S)N(CCN1CCOCC1)Cc1cc2cc(OC)c(OC)cc2[nH]c1=O. The lowest BCUT2D eigenvalue weighted by Crippen LogP contribution is -2.46. The first-order valence-corrected chi connectivity index (χ1v) is 12.1. The van der Waals surface area contributed by atoms with Gasteiger partial charge in [0.1, 0.15) is 0 Å². The van der Waals surface area contributed by atoms with E-state index in [0.29, 0.717) is 54.0 Å². The summed E-state index contributed by atoms with van der Waals surface area (Å²) >= 11 is 5.71. The molecule has 9 nitrogen and oxygen atoms in total. The number of nitrogens with zero attached hydrogens (tertiary/aromatic N) is 2. The van der Waals surface area contributed by atoms with Gasteiger partial charge in [-0.2, -0.15) is 0 Å². The monoisotopic (exact) mass is 492 g/mol. The highest BCUT2D eigenvalue weighted by atomic mass is 32.1. The summed E-state index contributed by atoms with van der Waals surface area (Å²) in [5.74, 6) is 1.19. The number of rotatable bonds is 12. The average Bonchev–Trinajstić information content (AvgIpc) is 2.86. The zero-order valence-corrected chi connectivity index (χ0v) is 21.2. The first-order valence-electron chi connectivity index (χ1n) is 11.7. The summed E-state index contributed by atoms with van der Waals surface area (Å²) in [6.07, 6.45) is 0.865. The largest absolute Gasteiger partial charge is 0.493 e. The molecule has 1 saturated heterocycles. The van der Waals surface area contributed by atoms with Crippen molar-refractivity contribution >= 4 is 28.2 Å². The number of benzene rings is 1. The molecule has 1 aromatic carbocycles. The van der Waals surface area contributed by atoms with Crippen LogP contribution in [-0.4, -0.2) is 93.3 Å². The fourth-order valence-electron chi connectivity index (χ4n) is 3.87. The Morgan fingerprint density at radius 3 is 2.65 bits per heavy atom. The summed E-state index contributed by atoms with van der Waals surface area (Å²) in [7, 11) is 3.17. The van der Waals surface area contributed by atoms with Crippen LogP contribution in [0.25, 0.3) is 10.9 Å². The molecule has 0 saturated carbocycles. The Balaban J connectivity index is 1.76. The molecule has 0 unspecified atom stereocenters. The molecule has 2 aromatic rings. The van der Waals surface area contributed by atoms with E-state index in [1.54, 1.807) is 20.3 Å². The molecule has 1 fully saturated rings. The van der Waals surface area contributed by atoms with Crippen molar-refractivity contribution in [3.8, 4) is 11.5 Å². The van der Waals surface area contributed by atoms with E-state index >= 15 is 0 Å². The summed E-state index contributed by atoms with van der Waals surface area (Å²) < 4.78 is 21.7. The lowest BCUT2D eigenvalue weighted by Gasteiger charge is -2.31. The van der Waals surface area contributed by atoms with Gasteiger partial charge in [0.15, 0.2) is 16.6 Å². The lowest BCUT2D eigenvalue weighted by molar-refractivity contribution is 0.0357. The van der Waals surface area contributed by atoms with Gasteiger partial charge in [-0.15, -0.1) is 0 Å². The number of methoxy groups -OCH3 is 2. The second kappa shape index (κ2) is 13.5. The minimum atomic E-state index is -0.143. The van der Waals surface area contributed by atoms with Gasteiger partial charge in [-0.1, -0.05) is 0 Å². The van der Waals surface area contributed by atoms with Crippen LogP contribution < -0.4 is 20.3 Å². The van der Waals surface area contributed by atoms with Gasteiger partial charge in [0.05, 0.1) is 39.5 Å². The summed E-state index contributed by atoms with van der Waals surface area (Å²) in [5.41, 5.74) is 1.19. The minimum Gasteiger partial charge on any atom is -0.493 e. The van der Waals surface area contributed by atoms with Gasteiger partial charge >= 0.3 is 0 Å². The Kier molecular flexibility index (Phi) is 10.4. The zero-order chi connectivity index (χ0) is 24.3. The maximum Gasteiger partial charge on any atom is 0.253 e. The molecule has 0 amide bonds. The van der Waals surface area contributed by atoms with Crippen LogP contribution in [0.5, 0.6) is 11.5 Å². The number of hydrogen-bond donors (Lipinski definition) is 2. The standard InChI is InChI=1S/C24H36N4O5S/c1-4-32-11-5-6-25-24(34)28(8-7-27-9-12-33-13-10-27)17-19-14-18-15-21(30-2)22(31-3)16-20(18)26-23(19)29/h14-16H,4-13,17H2,1-3H3,(H,25,34)(H,26,29). The average molecular weight is 493 g/mol. The molecule has 34 heavy (non-hydrogen) atoms. The summed E-state index contributed by atoms with van der Waals surface area (Å²) in [6, 6.07) is 5.55. The molecule has 1 aliphatic heterocycles. The maximum atomic E-state index is 12.9. The number of aromatic nitrogens is 1. The molecule has 0 radical (unpaired) electrons. The molecule has 2 N–H and O–H groups in total. The van der Waals surface area contributed by atoms with Crippen LogP contribution in [0.3, 0.4) is 0 Å². The molecular formula is C24H36N4O5S. The molecule has 10 heteroatoms. The zero-order valence-electron chi connectivity index (χ0n) is 20.4. The molecule has 0 atom stereocenters. The van der Waals surface area contributed by atoms with Crippen LogP contribution >= 0.6 is 12.2 Å². The second-order valence-corrected chi connectivity index (χ2v) is 8.46. The molecule has 2 heterocycles. The Morgan fingerprint density at radius 1 is 1.21 bits per heavy atom. The third-order valence-corrected chi connectivity index (χ3v) is 6.21. The van der Waals surface area contributed by atoms with E-state index in [1.165, 1.54) is 0 Å². The number of fused-ring (bicyclic) bond motifs is 1. The van der Waals surface area contributed by atoms with E-state index in [0.717, 1.165) is 51.2 Å². The molecule has 188 valence electrons. The minimum absolute atomic E-state index is 0.143. The van der Waals surface area contributed by atoms with E-state index in [1.807, 2.05) is 19.1 Å². The van der Waals surface area contributed by atoms with Crippen molar-refractivity contribution in [1.82, 2.24) is 20.1 Å². The Hall–Kier alpha value is -2.40. The second-order valence-electron chi connectivity index (χ2n) is 8.08. The summed E-state index contributed by atoms with van der Waals surface area (Å²) in [6.45, 7) is 9.36. The molecule has 0 bridgehead atoms. The van der Waals surface area contributed by atoms with Gasteiger partial charge in [-0.05, 0) is 37.7 Å². The first kappa shape index (κ1) is 26.2. The Bertz CT molecular complexity index is 993. The first-order chi connectivity index (χ1) is 16.5. The van der Waals surface area contributed by atoms with Crippen molar-refractivity contribution in [2.45, 2.75) is 19.9 Å². The summed E-state index contributed by atoms with van der Waals surface area (Å²) in [4.78, 5) is 20.3.